The Balaban J connectivity index is 1.09. The first-order chi connectivity index (χ1) is 16.6. The molecule has 0 radical (unpaired) electrons. The van der Waals surface area contributed by atoms with Crippen molar-refractivity contribution in [3.8, 4) is 0 Å². The Hall–Kier alpha value is -3.61. The van der Waals surface area contributed by atoms with Crippen LogP contribution in [0, 0.1) is 5.92 Å². The van der Waals surface area contributed by atoms with E-state index in [0.717, 1.165) is 67.7 Å². The van der Waals surface area contributed by atoms with Crippen molar-refractivity contribution in [3.05, 3.63) is 77.5 Å². The standard InChI is InChI=1S/C27H27N5O2/c33-25(32-15-11-19-4-1-2-6-23(19)32)22-16-20(29-17-30-22)8-7-18-9-12-27(13-10-18)21-5-3-14-28-24(21)31-26(27)34/h1-6,14,16-18H,7-13,15H2,(H,28,31,34). The largest absolute Gasteiger partial charge is 0.310 e. The zero-order valence-corrected chi connectivity index (χ0v) is 19.0. The van der Waals surface area contributed by atoms with Crippen LogP contribution in [0.2, 0.25) is 0 Å². The van der Waals surface area contributed by atoms with Crippen molar-refractivity contribution < 1.29 is 9.59 Å². The van der Waals surface area contributed by atoms with Gasteiger partial charge in [0.2, 0.25) is 5.91 Å². The molecule has 2 aliphatic heterocycles. The molecular weight excluding hydrogens is 426 g/mol. The molecular formula is C27H27N5O2. The molecule has 0 atom stereocenters. The molecule has 1 N–H and O–H groups in total. The Bertz CT molecular complexity index is 1270. The quantitative estimate of drug-likeness (QED) is 0.643. The maximum atomic E-state index is 13.1. The molecule has 1 aromatic carbocycles. The first kappa shape index (κ1) is 21.0. The molecule has 1 spiro atoms. The summed E-state index contributed by atoms with van der Waals surface area (Å²) in [4.78, 5) is 40.8. The van der Waals surface area contributed by atoms with E-state index >= 15 is 0 Å². The van der Waals surface area contributed by atoms with Gasteiger partial charge >= 0.3 is 0 Å². The predicted molar refractivity (Wildman–Crippen MR) is 129 cm³/mol. The summed E-state index contributed by atoms with van der Waals surface area (Å²) in [5.74, 6) is 1.30. The number of benzene rings is 1. The lowest BCUT2D eigenvalue weighted by molar-refractivity contribution is -0.122. The molecule has 172 valence electrons. The Morgan fingerprint density at radius 3 is 2.82 bits per heavy atom. The average molecular weight is 454 g/mol. The van der Waals surface area contributed by atoms with E-state index in [0.29, 0.717) is 18.2 Å². The number of hydrogen-bond donors (Lipinski definition) is 1. The van der Waals surface area contributed by atoms with Gasteiger partial charge in [0, 0.05) is 29.7 Å². The number of pyridine rings is 1. The average Bonchev–Trinajstić information content (AvgIpc) is 3.43. The number of carbonyl (C=O) groups is 2. The van der Waals surface area contributed by atoms with Crippen molar-refractivity contribution in [3.63, 3.8) is 0 Å². The molecule has 0 unspecified atom stereocenters. The minimum absolute atomic E-state index is 0.0623. The second-order valence-electron chi connectivity index (χ2n) is 9.65. The summed E-state index contributed by atoms with van der Waals surface area (Å²) in [7, 11) is 0. The minimum atomic E-state index is -0.416. The summed E-state index contributed by atoms with van der Waals surface area (Å²) in [6.07, 6.45) is 9.62. The van der Waals surface area contributed by atoms with Crippen molar-refractivity contribution in [2.45, 2.75) is 50.4 Å². The van der Waals surface area contributed by atoms with E-state index in [4.69, 9.17) is 0 Å². The summed E-state index contributed by atoms with van der Waals surface area (Å²) in [6.45, 7) is 0.688. The van der Waals surface area contributed by atoms with Gasteiger partial charge < -0.3 is 10.2 Å². The van der Waals surface area contributed by atoms with Crippen molar-refractivity contribution >= 4 is 23.3 Å². The van der Waals surface area contributed by atoms with E-state index in [9.17, 15) is 9.59 Å². The highest BCUT2D eigenvalue weighted by atomic mass is 16.2. The number of hydrogen-bond acceptors (Lipinski definition) is 5. The van der Waals surface area contributed by atoms with E-state index in [1.165, 1.54) is 11.9 Å². The maximum Gasteiger partial charge on any atom is 0.277 e. The number of aryl methyl sites for hydroxylation is 1. The number of fused-ring (bicyclic) bond motifs is 3. The highest BCUT2D eigenvalue weighted by Crippen LogP contribution is 2.48. The lowest BCUT2D eigenvalue weighted by Crippen LogP contribution is -2.38. The second kappa shape index (κ2) is 8.31. The number of aromatic nitrogens is 3. The van der Waals surface area contributed by atoms with E-state index < -0.39 is 5.41 Å². The Morgan fingerprint density at radius 1 is 1.09 bits per heavy atom. The molecule has 0 saturated heterocycles. The summed E-state index contributed by atoms with van der Waals surface area (Å²) < 4.78 is 0. The number of nitrogens with one attached hydrogen (secondary N) is 1. The van der Waals surface area contributed by atoms with Gasteiger partial charge in [-0.25, -0.2) is 15.0 Å². The van der Waals surface area contributed by atoms with Crippen LogP contribution >= 0.6 is 0 Å². The number of nitrogens with zero attached hydrogens (tertiary/aromatic N) is 4. The third-order valence-corrected chi connectivity index (χ3v) is 7.83. The van der Waals surface area contributed by atoms with Gasteiger partial charge in [-0.2, -0.15) is 0 Å². The maximum absolute atomic E-state index is 13.1. The fourth-order valence-corrected chi connectivity index (χ4v) is 5.89. The SMILES string of the molecule is O=C(c1cc(CCC2CCC3(CC2)C(=O)Nc2ncccc23)ncn1)N1CCc2ccccc21. The van der Waals surface area contributed by atoms with E-state index in [1.54, 1.807) is 6.20 Å². The van der Waals surface area contributed by atoms with Crippen LogP contribution in [0.1, 0.15) is 59.4 Å². The summed E-state index contributed by atoms with van der Waals surface area (Å²) >= 11 is 0. The summed E-state index contributed by atoms with van der Waals surface area (Å²) in [6, 6.07) is 13.9. The van der Waals surface area contributed by atoms with Gasteiger partial charge in [-0.15, -0.1) is 0 Å². The van der Waals surface area contributed by atoms with Crippen LogP contribution in [0.4, 0.5) is 11.5 Å². The molecule has 2 aromatic heterocycles. The molecule has 3 aliphatic rings. The zero-order chi connectivity index (χ0) is 23.1. The van der Waals surface area contributed by atoms with Crippen LogP contribution in [-0.2, 0) is 23.1 Å². The lowest BCUT2D eigenvalue weighted by Gasteiger charge is -2.35. The number of carbonyl (C=O) groups excluding carboxylic acids is 2. The van der Waals surface area contributed by atoms with Crippen LogP contribution < -0.4 is 10.2 Å². The predicted octanol–water partition coefficient (Wildman–Crippen LogP) is 4.09. The van der Waals surface area contributed by atoms with Gasteiger partial charge in [0.15, 0.2) is 0 Å². The Kier molecular flexibility index (Phi) is 5.12. The molecule has 4 heterocycles. The smallest absolute Gasteiger partial charge is 0.277 e. The fourth-order valence-electron chi connectivity index (χ4n) is 5.89. The van der Waals surface area contributed by atoms with Gasteiger partial charge in [0.1, 0.15) is 17.8 Å². The molecule has 34 heavy (non-hydrogen) atoms. The molecule has 1 saturated carbocycles. The van der Waals surface area contributed by atoms with Crippen LogP contribution in [0.3, 0.4) is 0 Å². The topological polar surface area (TPSA) is 88.1 Å². The highest BCUT2D eigenvalue weighted by molar-refractivity contribution is 6.06. The number of para-hydroxylation sites is 1. The van der Waals surface area contributed by atoms with Crippen LogP contribution in [0.15, 0.2) is 55.0 Å². The zero-order valence-electron chi connectivity index (χ0n) is 19.0. The van der Waals surface area contributed by atoms with Gasteiger partial charge in [-0.05, 0) is 74.6 Å². The number of anilines is 2. The minimum Gasteiger partial charge on any atom is -0.310 e. The molecule has 7 heteroatoms. The van der Waals surface area contributed by atoms with Crippen LogP contribution in [0.25, 0.3) is 0 Å². The molecule has 3 aromatic rings. The third kappa shape index (κ3) is 3.47. The molecule has 6 rings (SSSR count). The summed E-state index contributed by atoms with van der Waals surface area (Å²) in [5, 5.41) is 2.97. The fraction of sp³-hybridized carbons (Fsp3) is 0.370. The molecule has 0 bridgehead atoms. The first-order valence-corrected chi connectivity index (χ1v) is 12.1. The number of amides is 2. The van der Waals surface area contributed by atoms with Gasteiger partial charge in [0.25, 0.3) is 5.91 Å². The van der Waals surface area contributed by atoms with Crippen molar-refractivity contribution in [2.75, 3.05) is 16.8 Å². The summed E-state index contributed by atoms with van der Waals surface area (Å²) in [5.41, 5.74) is 4.18. The molecule has 2 amide bonds. The molecule has 1 fully saturated rings. The van der Waals surface area contributed by atoms with Crippen molar-refractivity contribution in [2.24, 2.45) is 5.92 Å². The monoisotopic (exact) mass is 453 g/mol. The van der Waals surface area contributed by atoms with Gasteiger partial charge in [0.05, 0.1) is 5.41 Å². The van der Waals surface area contributed by atoms with E-state index in [-0.39, 0.29) is 11.8 Å². The molecule has 1 aliphatic carbocycles. The third-order valence-electron chi connectivity index (χ3n) is 7.83. The van der Waals surface area contributed by atoms with E-state index in [2.05, 4.69) is 26.3 Å². The van der Waals surface area contributed by atoms with Crippen LogP contribution in [-0.4, -0.2) is 33.3 Å². The molecule has 7 nitrogen and oxygen atoms in total. The Labute approximate surface area is 198 Å². The van der Waals surface area contributed by atoms with Crippen molar-refractivity contribution in [1.29, 1.82) is 0 Å². The lowest BCUT2D eigenvalue weighted by atomic mass is 9.67. The van der Waals surface area contributed by atoms with Crippen molar-refractivity contribution in [1.82, 2.24) is 15.0 Å². The second-order valence-corrected chi connectivity index (χ2v) is 9.65. The Morgan fingerprint density at radius 2 is 1.94 bits per heavy atom. The number of rotatable bonds is 4. The van der Waals surface area contributed by atoms with E-state index in [1.807, 2.05) is 41.3 Å². The van der Waals surface area contributed by atoms with Gasteiger partial charge in [-0.1, -0.05) is 24.3 Å². The first-order valence-electron chi connectivity index (χ1n) is 12.1. The normalized spacial score (nSPS) is 23.0. The van der Waals surface area contributed by atoms with Gasteiger partial charge in [-0.3, -0.25) is 9.59 Å². The van der Waals surface area contributed by atoms with Crippen LogP contribution in [0.5, 0.6) is 0 Å². The highest BCUT2D eigenvalue weighted by Gasteiger charge is 2.49.